The zero-order valence-corrected chi connectivity index (χ0v) is 13.2. The molecule has 1 unspecified atom stereocenters. The molecule has 0 radical (unpaired) electrons. The predicted molar refractivity (Wildman–Crippen MR) is 84.3 cm³/mol. The minimum atomic E-state index is -0.168. The van der Waals surface area contributed by atoms with E-state index in [1.165, 1.54) is 37.8 Å². The third-order valence-corrected chi connectivity index (χ3v) is 3.59. The molecule has 114 valence electrons. The first kappa shape index (κ1) is 17.1. The molecule has 0 saturated heterocycles. The molecule has 0 aromatic heterocycles. The van der Waals surface area contributed by atoms with Gasteiger partial charge in [0.05, 0.1) is 0 Å². The SMILES string of the molecule is CCCCCC(C)NCCN(C)Cc1ccc(F)cc1. The van der Waals surface area contributed by atoms with E-state index in [2.05, 4.69) is 31.1 Å². The van der Waals surface area contributed by atoms with Gasteiger partial charge in [0.2, 0.25) is 0 Å². The van der Waals surface area contributed by atoms with Gasteiger partial charge >= 0.3 is 0 Å². The van der Waals surface area contributed by atoms with E-state index in [1.54, 1.807) is 0 Å². The fraction of sp³-hybridized carbons (Fsp3) is 0.647. The Morgan fingerprint density at radius 1 is 1.20 bits per heavy atom. The summed E-state index contributed by atoms with van der Waals surface area (Å²) >= 11 is 0. The van der Waals surface area contributed by atoms with Gasteiger partial charge in [-0.05, 0) is 38.1 Å². The van der Waals surface area contributed by atoms with Crippen LogP contribution in [0.5, 0.6) is 0 Å². The molecule has 1 N–H and O–H groups in total. The molecular formula is C17H29FN2. The first-order chi connectivity index (χ1) is 9.61. The number of hydrogen-bond acceptors (Lipinski definition) is 2. The second-order valence-corrected chi connectivity index (χ2v) is 5.72. The zero-order chi connectivity index (χ0) is 14.8. The number of likely N-dealkylation sites (N-methyl/N-ethyl adjacent to an activating group) is 1. The van der Waals surface area contributed by atoms with Crippen molar-refractivity contribution < 1.29 is 4.39 Å². The molecule has 0 saturated carbocycles. The summed E-state index contributed by atoms with van der Waals surface area (Å²) in [6.45, 7) is 7.38. The van der Waals surface area contributed by atoms with Gasteiger partial charge in [-0.25, -0.2) is 4.39 Å². The second-order valence-electron chi connectivity index (χ2n) is 5.72. The smallest absolute Gasteiger partial charge is 0.123 e. The minimum Gasteiger partial charge on any atom is -0.313 e. The average molecular weight is 280 g/mol. The number of hydrogen-bond donors (Lipinski definition) is 1. The van der Waals surface area contributed by atoms with E-state index in [1.807, 2.05) is 12.1 Å². The Morgan fingerprint density at radius 2 is 1.90 bits per heavy atom. The van der Waals surface area contributed by atoms with Crippen molar-refractivity contribution in [3.63, 3.8) is 0 Å². The van der Waals surface area contributed by atoms with Crippen molar-refractivity contribution in [2.24, 2.45) is 0 Å². The van der Waals surface area contributed by atoms with Crippen LogP contribution in [-0.4, -0.2) is 31.1 Å². The number of rotatable bonds is 10. The standard InChI is InChI=1S/C17H29FN2/c1-4-5-6-7-15(2)19-12-13-20(3)14-16-8-10-17(18)11-9-16/h8-11,15,19H,4-7,12-14H2,1-3H3. The van der Waals surface area contributed by atoms with Gasteiger partial charge in [-0.2, -0.15) is 0 Å². The largest absolute Gasteiger partial charge is 0.313 e. The Labute approximate surface area is 123 Å². The lowest BCUT2D eigenvalue weighted by molar-refractivity contribution is 0.315. The molecule has 0 aliphatic carbocycles. The monoisotopic (exact) mass is 280 g/mol. The maximum absolute atomic E-state index is 12.8. The van der Waals surface area contributed by atoms with E-state index in [9.17, 15) is 4.39 Å². The van der Waals surface area contributed by atoms with Gasteiger partial charge in [0.15, 0.2) is 0 Å². The van der Waals surface area contributed by atoms with Crippen molar-refractivity contribution in [1.29, 1.82) is 0 Å². The van der Waals surface area contributed by atoms with Crippen LogP contribution in [0, 0.1) is 5.82 Å². The summed E-state index contributed by atoms with van der Waals surface area (Å²) in [5.41, 5.74) is 1.16. The van der Waals surface area contributed by atoms with Crippen LogP contribution in [0.25, 0.3) is 0 Å². The molecule has 1 atom stereocenters. The molecule has 1 aromatic carbocycles. The van der Waals surface area contributed by atoms with Crippen LogP contribution in [-0.2, 0) is 6.54 Å². The van der Waals surface area contributed by atoms with E-state index < -0.39 is 0 Å². The average Bonchev–Trinajstić information content (AvgIpc) is 2.42. The highest BCUT2D eigenvalue weighted by atomic mass is 19.1. The van der Waals surface area contributed by atoms with Gasteiger partial charge in [-0.1, -0.05) is 38.3 Å². The van der Waals surface area contributed by atoms with Crippen molar-refractivity contribution in [2.45, 2.75) is 52.1 Å². The number of benzene rings is 1. The van der Waals surface area contributed by atoms with Crippen LogP contribution < -0.4 is 5.32 Å². The van der Waals surface area contributed by atoms with Crippen molar-refractivity contribution in [2.75, 3.05) is 20.1 Å². The van der Waals surface area contributed by atoms with Crippen molar-refractivity contribution >= 4 is 0 Å². The van der Waals surface area contributed by atoms with Gasteiger partial charge < -0.3 is 10.2 Å². The fourth-order valence-corrected chi connectivity index (χ4v) is 2.28. The van der Waals surface area contributed by atoms with E-state index in [0.29, 0.717) is 6.04 Å². The number of nitrogens with zero attached hydrogens (tertiary/aromatic N) is 1. The molecule has 0 spiro atoms. The second kappa shape index (κ2) is 9.89. The lowest BCUT2D eigenvalue weighted by Gasteiger charge is -2.19. The van der Waals surface area contributed by atoms with Gasteiger partial charge in [-0.15, -0.1) is 0 Å². The maximum Gasteiger partial charge on any atom is 0.123 e. The number of unbranched alkanes of at least 4 members (excludes halogenated alkanes) is 2. The van der Waals surface area contributed by atoms with Crippen LogP contribution in [0.1, 0.15) is 45.1 Å². The minimum absolute atomic E-state index is 0.168. The first-order valence-corrected chi connectivity index (χ1v) is 7.78. The van der Waals surface area contributed by atoms with Crippen LogP contribution in [0.2, 0.25) is 0 Å². The third-order valence-electron chi connectivity index (χ3n) is 3.59. The van der Waals surface area contributed by atoms with E-state index in [-0.39, 0.29) is 5.82 Å². The summed E-state index contributed by atoms with van der Waals surface area (Å²) in [6.07, 6.45) is 5.19. The van der Waals surface area contributed by atoms with E-state index in [0.717, 1.165) is 25.2 Å². The molecule has 0 aliphatic heterocycles. The summed E-state index contributed by atoms with van der Waals surface area (Å²) < 4.78 is 12.8. The predicted octanol–water partition coefficient (Wildman–Crippen LogP) is 3.82. The van der Waals surface area contributed by atoms with Crippen LogP contribution >= 0.6 is 0 Å². The van der Waals surface area contributed by atoms with Crippen LogP contribution in [0.3, 0.4) is 0 Å². The Kier molecular flexibility index (Phi) is 8.47. The van der Waals surface area contributed by atoms with Gasteiger partial charge in [0, 0.05) is 25.7 Å². The molecular weight excluding hydrogens is 251 g/mol. The lowest BCUT2D eigenvalue weighted by atomic mass is 10.1. The third kappa shape index (κ3) is 7.61. The maximum atomic E-state index is 12.8. The molecule has 0 heterocycles. The molecule has 0 bridgehead atoms. The molecule has 1 aromatic rings. The van der Waals surface area contributed by atoms with Crippen molar-refractivity contribution in [1.82, 2.24) is 10.2 Å². The van der Waals surface area contributed by atoms with Gasteiger partial charge in [-0.3, -0.25) is 0 Å². The molecule has 0 aliphatic rings. The van der Waals surface area contributed by atoms with Crippen LogP contribution in [0.15, 0.2) is 24.3 Å². The normalized spacial score (nSPS) is 12.8. The highest BCUT2D eigenvalue weighted by Crippen LogP contribution is 2.05. The van der Waals surface area contributed by atoms with Crippen LogP contribution in [0.4, 0.5) is 4.39 Å². The Hall–Kier alpha value is -0.930. The summed E-state index contributed by atoms with van der Waals surface area (Å²) in [4.78, 5) is 2.26. The zero-order valence-electron chi connectivity index (χ0n) is 13.2. The quantitative estimate of drug-likeness (QED) is 0.656. The summed E-state index contributed by atoms with van der Waals surface area (Å²) in [6, 6.07) is 7.36. The molecule has 2 nitrogen and oxygen atoms in total. The Bertz CT molecular complexity index is 351. The molecule has 20 heavy (non-hydrogen) atoms. The Balaban J connectivity index is 2.13. The summed E-state index contributed by atoms with van der Waals surface area (Å²) in [7, 11) is 2.10. The molecule has 1 rings (SSSR count). The summed E-state index contributed by atoms with van der Waals surface area (Å²) in [5.74, 6) is -0.168. The van der Waals surface area contributed by atoms with E-state index in [4.69, 9.17) is 0 Å². The molecule has 3 heteroatoms. The van der Waals surface area contributed by atoms with Crippen molar-refractivity contribution in [3.05, 3.63) is 35.6 Å². The number of halogens is 1. The van der Waals surface area contributed by atoms with Gasteiger partial charge in [0.25, 0.3) is 0 Å². The van der Waals surface area contributed by atoms with Gasteiger partial charge in [0.1, 0.15) is 5.82 Å². The van der Waals surface area contributed by atoms with Crippen molar-refractivity contribution in [3.8, 4) is 0 Å². The lowest BCUT2D eigenvalue weighted by Crippen LogP contribution is -2.34. The first-order valence-electron chi connectivity index (χ1n) is 7.78. The number of nitrogens with one attached hydrogen (secondary N) is 1. The summed E-state index contributed by atoms with van der Waals surface area (Å²) in [5, 5.41) is 3.57. The topological polar surface area (TPSA) is 15.3 Å². The highest BCUT2D eigenvalue weighted by molar-refractivity contribution is 5.15. The highest BCUT2D eigenvalue weighted by Gasteiger charge is 2.03. The van der Waals surface area contributed by atoms with E-state index >= 15 is 0 Å². The Morgan fingerprint density at radius 3 is 2.55 bits per heavy atom. The fourth-order valence-electron chi connectivity index (χ4n) is 2.28. The molecule has 0 amide bonds. The molecule has 0 fully saturated rings.